The molecule has 4 saturated heterocycles. The van der Waals surface area contributed by atoms with Crippen LogP contribution >= 0.6 is 46.7 Å². The van der Waals surface area contributed by atoms with E-state index in [1.165, 1.54) is 10.8 Å². The van der Waals surface area contributed by atoms with Crippen LogP contribution in [0.3, 0.4) is 0 Å². The molecule has 0 spiro atoms. The van der Waals surface area contributed by atoms with Crippen LogP contribution in [-0.2, 0) is 23.7 Å². The van der Waals surface area contributed by atoms with Gasteiger partial charge in [-0.3, -0.25) is 34.6 Å². The van der Waals surface area contributed by atoms with Crippen LogP contribution in [0.5, 0.6) is 0 Å². The number of hydrogen-bond donors (Lipinski definition) is 5. The maximum Gasteiger partial charge on any atom is 0.372 e. The van der Waals surface area contributed by atoms with Gasteiger partial charge in [0.15, 0.2) is 5.82 Å². The van der Waals surface area contributed by atoms with Gasteiger partial charge in [0.1, 0.15) is 0 Å². The van der Waals surface area contributed by atoms with Gasteiger partial charge in [0, 0.05) is 88.3 Å². The van der Waals surface area contributed by atoms with Crippen LogP contribution in [0.4, 0.5) is 21.0 Å². The molecule has 2 aromatic carbocycles. The summed E-state index contributed by atoms with van der Waals surface area (Å²) in [4.78, 5) is 81.4. The van der Waals surface area contributed by atoms with Gasteiger partial charge in [0.25, 0.3) is 28.2 Å². The van der Waals surface area contributed by atoms with E-state index in [4.69, 9.17) is 34.0 Å². The van der Waals surface area contributed by atoms with Crippen LogP contribution in [0.1, 0.15) is 45.2 Å². The Morgan fingerprint density at radius 1 is 0.797 bits per heavy atom. The first kappa shape index (κ1) is 43.0. The van der Waals surface area contributed by atoms with Gasteiger partial charge in [0.2, 0.25) is 5.82 Å². The fraction of sp³-hybridized carbons (Fsp3) is 0.263. The van der Waals surface area contributed by atoms with Gasteiger partial charge in [-0.25, -0.2) is 14.8 Å². The number of nitrogens with one attached hydrogen (secondary N) is 3. The number of nitrogens with zero attached hydrogens (tertiary/aromatic N) is 6. The number of imide groups is 2. The number of aryl methyl sites for hydroxylation is 2. The van der Waals surface area contributed by atoms with Gasteiger partial charge < -0.3 is 35.1 Å². The minimum absolute atomic E-state index is 0.0540. The third-order valence-corrected chi connectivity index (χ3v) is 11.5. The zero-order chi connectivity index (χ0) is 42.4. The van der Waals surface area contributed by atoms with E-state index in [0.29, 0.717) is 38.8 Å². The van der Waals surface area contributed by atoms with Gasteiger partial charge in [0.05, 0.1) is 31.2 Å². The highest BCUT2D eigenvalue weighted by molar-refractivity contribution is 8.18. The summed E-state index contributed by atoms with van der Waals surface area (Å²) in [5, 5.41) is 16.3. The SMILES string of the molecule is Cn1ccnc1C(=O)N[C@H]1CCN(c2c(Cl)cccc2/C=C2\SC(=O)NC2=O)C1.Cn1ccnc1C(=O)O.N[C@H]1CCN(c2c(Cl)cccc2/C=C2\SC(=O)NC2=O)C1. The van der Waals surface area contributed by atoms with Crippen LogP contribution in [0.2, 0.25) is 10.0 Å². The number of aromatic nitrogens is 4. The third-order valence-electron chi connectivity index (χ3n) is 9.31. The molecule has 4 fully saturated rings. The van der Waals surface area contributed by atoms with Crippen molar-refractivity contribution in [3.63, 3.8) is 0 Å². The zero-order valence-electron chi connectivity index (χ0n) is 31.6. The van der Waals surface area contributed by atoms with Crippen molar-refractivity contribution in [3.05, 3.63) is 104 Å². The van der Waals surface area contributed by atoms with Crippen molar-refractivity contribution in [2.24, 2.45) is 19.8 Å². The topological polar surface area (TPSA) is 227 Å². The highest BCUT2D eigenvalue weighted by atomic mass is 35.5. The Balaban J connectivity index is 0.000000169. The van der Waals surface area contributed by atoms with Crippen LogP contribution in [-0.4, -0.2) is 96.6 Å². The predicted octanol–water partition coefficient (Wildman–Crippen LogP) is 4.73. The lowest BCUT2D eigenvalue weighted by atomic mass is 10.1. The molecule has 2 aromatic heterocycles. The van der Waals surface area contributed by atoms with E-state index in [0.717, 1.165) is 72.0 Å². The average molecular weight is 882 g/mol. The molecule has 4 aliphatic heterocycles. The number of imidazole rings is 2. The van der Waals surface area contributed by atoms with Gasteiger partial charge in [-0.05, 0) is 60.7 Å². The lowest BCUT2D eigenvalue weighted by Gasteiger charge is -2.23. The van der Waals surface area contributed by atoms with Crippen molar-refractivity contribution in [1.29, 1.82) is 0 Å². The second kappa shape index (κ2) is 19.0. The molecule has 0 saturated carbocycles. The molecule has 59 heavy (non-hydrogen) atoms. The van der Waals surface area contributed by atoms with Crippen molar-refractivity contribution < 1.29 is 33.9 Å². The molecule has 308 valence electrons. The summed E-state index contributed by atoms with van der Waals surface area (Å²) in [5.41, 5.74) is 9.18. The molecule has 5 amide bonds. The largest absolute Gasteiger partial charge is 0.475 e. The molecule has 4 aliphatic rings. The monoisotopic (exact) mass is 880 g/mol. The van der Waals surface area contributed by atoms with E-state index in [1.807, 2.05) is 24.3 Å². The Morgan fingerprint density at radius 3 is 1.69 bits per heavy atom. The number of benzene rings is 2. The molecular formula is C38H38Cl2N10O7S2. The minimum atomic E-state index is -0.998. The predicted molar refractivity (Wildman–Crippen MR) is 227 cm³/mol. The van der Waals surface area contributed by atoms with E-state index in [2.05, 4.69) is 35.7 Å². The molecule has 0 aliphatic carbocycles. The van der Waals surface area contributed by atoms with Gasteiger partial charge in [-0.2, -0.15) is 0 Å². The number of para-hydroxylation sites is 2. The molecule has 2 atom stereocenters. The maximum absolute atomic E-state index is 12.4. The van der Waals surface area contributed by atoms with Crippen LogP contribution < -0.4 is 31.5 Å². The fourth-order valence-corrected chi connectivity index (χ4v) is 8.52. The molecule has 21 heteroatoms. The zero-order valence-corrected chi connectivity index (χ0v) is 34.7. The first-order valence-corrected chi connectivity index (χ1v) is 20.4. The summed E-state index contributed by atoms with van der Waals surface area (Å²) < 4.78 is 3.12. The number of carbonyl (C=O) groups excluding carboxylic acids is 5. The first-order valence-electron chi connectivity index (χ1n) is 18.0. The Hall–Kier alpha value is -5.60. The summed E-state index contributed by atoms with van der Waals surface area (Å²) in [5.74, 6) is -1.57. The van der Waals surface area contributed by atoms with Crippen molar-refractivity contribution in [2.45, 2.75) is 24.9 Å². The molecule has 0 bridgehead atoms. The fourth-order valence-electron chi connectivity index (χ4n) is 6.57. The number of hydrogen-bond acceptors (Lipinski definition) is 13. The number of rotatable bonds is 7. The minimum Gasteiger partial charge on any atom is -0.475 e. The molecular weight excluding hydrogens is 844 g/mol. The number of anilines is 2. The molecule has 0 radical (unpaired) electrons. The van der Waals surface area contributed by atoms with Crippen LogP contribution in [0.15, 0.2) is 71.0 Å². The van der Waals surface area contributed by atoms with E-state index in [1.54, 1.807) is 61.5 Å². The number of carboxylic acid groups (broad SMARTS) is 1. The Morgan fingerprint density at radius 2 is 1.29 bits per heavy atom. The van der Waals surface area contributed by atoms with Gasteiger partial charge >= 0.3 is 5.97 Å². The molecule has 6 N–H and O–H groups in total. The molecule has 17 nitrogen and oxygen atoms in total. The first-order chi connectivity index (χ1) is 28.2. The Bertz CT molecular complexity index is 2380. The van der Waals surface area contributed by atoms with E-state index >= 15 is 0 Å². The number of amides is 5. The highest BCUT2D eigenvalue weighted by Crippen LogP contribution is 2.37. The summed E-state index contributed by atoms with van der Waals surface area (Å²) in [6.07, 6.45) is 11.4. The van der Waals surface area contributed by atoms with E-state index < -0.39 is 11.9 Å². The average Bonchev–Trinajstić information content (AvgIpc) is 4.05. The Kier molecular flexibility index (Phi) is 13.8. The number of aromatic carboxylic acids is 1. The summed E-state index contributed by atoms with van der Waals surface area (Å²) in [6.45, 7) is 2.84. The number of halogens is 2. The summed E-state index contributed by atoms with van der Waals surface area (Å²) in [6, 6.07) is 11.0. The van der Waals surface area contributed by atoms with Crippen LogP contribution in [0.25, 0.3) is 12.2 Å². The van der Waals surface area contributed by atoms with Crippen molar-refractivity contribution in [3.8, 4) is 0 Å². The maximum atomic E-state index is 12.4. The third kappa shape index (κ3) is 10.5. The summed E-state index contributed by atoms with van der Waals surface area (Å²) in [7, 11) is 3.41. The van der Waals surface area contributed by atoms with Crippen molar-refractivity contribution in [1.82, 2.24) is 35.1 Å². The Labute approximate surface area is 356 Å². The normalized spacial score (nSPS) is 20.0. The standard InChI is InChI=1S/C19H18ClN5O3S.C14H14ClN3O2S.C5H6N2O2/c1-24-8-6-21-16(24)18(27)22-12-5-7-25(10-12)15-11(3-2-4-13(15)20)9-14-17(26)23-19(28)29-14;15-10-3-1-2-8(6-11-13(19)17-14(20)21-11)12(10)18-5-4-9(16)7-18;1-7-3-2-6-4(7)5(8)9/h2-4,6,8-9,12H,5,7,10H2,1H3,(H,22,27)(H,23,26,28);1-3,6,9H,4-5,7,16H2,(H,17,19,20);2-3H,1H3,(H,8,9)/b14-9-;11-6-;/t12-;9-;/m00./s1. The summed E-state index contributed by atoms with van der Waals surface area (Å²) >= 11 is 14.6. The lowest BCUT2D eigenvalue weighted by molar-refractivity contribution is -0.116. The van der Waals surface area contributed by atoms with Gasteiger partial charge in [-0.1, -0.05) is 47.5 Å². The second-order valence-electron chi connectivity index (χ2n) is 13.5. The van der Waals surface area contributed by atoms with E-state index in [9.17, 15) is 28.8 Å². The smallest absolute Gasteiger partial charge is 0.372 e. The van der Waals surface area contributed by atoms with E-state index in [-0.39, 0.29) is 40.2 Å². The number of carboxylic acids is 1. The lowest BCUT2D eigenvalue weighted by Crippen LogP contribution is -2.38. The molecule has 6 heterocycles. The van der Waals surface area contributed by atoms with Crippen molar-refractivity contribution in [2.75, 3.05) is 36.0 Å². The number of nitrogens with two attached hydrogens (primary N) is 1. The quantitative estimate of drug-likeness (QED) is 0.158. The van der Waals surface area contributed by atoms with Crippen LogP contribution in [0, 0.1) is 0 Å². The number of carbonyl (C=O) groups is 6. The molecule has 8 rings (SSSR count). The molecule has 0 unspecified atom stereocenters. The molecule has 4 aromatic rings. The van der Waals surface area contributed by atoms with Crippen molar-refractivity contribution >= 4 is 104 Å². The number of thioether (sulfide) groups is 2. The highest BCUT2D eigenvalue weighted by Gasteiger charge is 2.30. The van der Waals surface area contributed by atoms with Gasteiger partial charge in [-0.15, -0.1) is 0 Å². The second-order valence-corrected chi connectivity index (χ2v) is 16.3.